The first kappa shape index (κ1) is 16.5. The normalized spacial score (nSPS) is 22.2. The summed E-state index contributed by atoms with van der Waals surface area (Å²) in [5.74, 6) is 0.108. The van der Waals surface area contributed by atoms with E-state index in [0.717, 1.165) is 35.1 Å². The van der Waals surface area contributed by atoms with Crippen LogP contribution in [0, 0.1) is 12.3 Å². The van der Waals surface area contributed by atoms with Crippen LogP contribution in [0.15, 0.2) is 22.7 Å². The number of halogens is 2. The lowest BCUT2D eigenvalue weighted by atomic mass is 9.90. The number of carbonyl (C=O) groups is 1. The molecule has 1 heterocycles. The summed E-state index contributed by atoms with van der Waals surface area (Å²) in [6.45, 7) is 6.34. The Morgan fingerprint density at radius 2 is 2.16 bits per heavy atom. The summed E-state index contributed by atoms with van der Waals surface area (Å²) >= 11 is 3.44. The highest BCUT2D eigenvalue weighted by Gasteiger charge is 2.35. The maximum Gasteiger partial charge on any atom is 0.253 e. The molecule has 0 radical (unpaired) electrons. The molecule has 0 aliphatic carbocycles. The minimum Gasteiger partial charge on any atom is -0.338 e. The zero-order chi connectivity index (χ0) is 13.3. The zero-order valence-electron chi connectivity index (χ0n) is 11.3. The molecule has 0 spiro atoms. The molecule has 3 nitrogen and oxygen atoms in total. The molecule has 106 valence electrons. The van der Waals surface area contributed by atoms with Gasteiger partial charge in [-0.2, -0.15) is 0 Å². The average Bonchev–Trinajstić information content (AvgIpc) is 2.70. The van der Waals surface area contributed by atoms with Crippen LogP contribution in [-0.2, 0) is 0 Å². The molecule has 2 N–H and O–H groups in total. The number of amides is 1. The van der Waals surface area contributed by atoms with E-state index in [0.29, 0.717) is 6.54 Å². The first-order valence-electron chi connectivity index (χ1n) is 6.20. The van der Waals surface area contributed by atoms with Gasteiger partial charge in [0.2, 0.25) is 0 Å². The molecule has 1 fully saturated rings. The SMILES string of the molecule is Cc1cc(Br)cc(C(=O)N2CCC(C)(CN)C2)c1.Cl. The van der Waals surface area contributed by atoms with Crippen molar-refractivity contribution in [2.75, 3.05) is 19.6 Å². The van der Waals surface area contributed by atoms with Crippen LogP contribution in [0.2, 0.25) is 0 Å². The first-order valence-corrected chi connectivity index (χ1v) is 6.99. The van der Waals surface area contributed by atoms with E-state index in [-0.39, 0.29) is 23.7 Å². The second kappa shape index (κ2) is 6.25. The molecular weight excluding hydrogens is 328 g/mol. The standard InChI is InChI=1S/C14H19BrN2O.ClH/c1-10-5-11(7-12(15)6-10)13(18)17-4-3-14(2,8-16)9-17;/h5-7H,3-4,8-9,16H2,1-2H3;1H. The number of carbonyl (C=O) groups excluding carboxylic acids is 1. The Balaban J connectivity index is 0.00000180. The summed E-state index contributed by atoms with van der Waals surface area (Å²) in [6, 6.07) is 5.82. The maximum absolute atomic E-state index is 12.4. The van der Waals surface area contributed by atoms with Gasteiger partial charge in [0.1, 0.15) is 0 Å². The van der Waals surface area contributed by atoms with Crippen molar-refractivity contribution in [1.29, 1.82) is 0 Å². The van der Waals surface area contributed by atoms with E-state index in [1.807, 2.05) is 30.0 Å². The van der Waals surface area contributed by atoms with Crippen molar-refractivity contribution in [2.24, 2.45) is 11.1 Å². The van der Waals surface area contributed by atoms with Crippen molar-refractivity contribution >= 4 is 34.2 Å². The molecule has 1 atom stereocenters. The van der Waals surface area contributed by atoms with Gasteiger partial charge in [-0.05, 0) is 49.1 Å². The van der Waals surface area contributed by atoms with Crippen LogP contribution < -0.4 is 5.73 Å². The van der Waals surface area contributed by atoms with Crippen LogP contribution in [0.1, 0.15) is 29.3 Å². The van der Waals surface area contributed by atoms with Gasteiger partial charge >= 0.3 is 0 Å². The molecule has 0 aromatic heterocycles. The number of benzene rings is 1. The first-order chi connectivity index (χ1) is 8.43. The quantitative estimate of drug-likeness (QED) is 0.894. The lowest BCUT2D eigenvalue weighted by molar-refractivity contribution is 0.0776. The maximum atomic E-state index is 12.4. The smallest absolute Gasteiger partial charge is 0.253 e. The van der Waals surface area contributed by atoms with Crippen molar-refractivity contribution in [1.82, 2.24) is 4.90 Å². The number of hydrogen-bond acceptors (Lipinski definition) is 2. The van der Waals surface area contributed by atoms with Crippen molar-refractivity contribution in [3.05, 3.63) is 33.8 Å². The van der Waals surface area contributed by atoms with Crippen LogP contribution in [0.4, 0.5) is 0 Å². The Bertz CT molecular complexity index is 460. The highest BCUT2D eigenvalue weighted by atomic mass is 79.9. The molecule has 1 saturated heterocycles. The van der Waals surface area contributed by atoms with Gasteiger partial charge in [-0.15, -0.1) is 12.4 Å². The van der Waals surface area contributed by atoms with E-state index in [1.54, 1.807) is 0 Å². The number of nitrogens with two attached hydrogens (primary N) is 1. The van der Waals surface area contributed by atoms with E-state index in [1.165, 1.54) is 0 Å². The Hall–Kier alpha value is -0.580. The van der Waals surface area contributed by atoms with Crippen LogP contribution in [0.25, 0.3) is 0 Å². The van der Waals surface area contributed by atoms with Crippen LogP contribution in [-0.4, -0.2) is 30.4 Å². The Morgan fingerprint density at radius 3 is 2.68 bits per heavy atom. The summed E-state index contributed by atoms with van der Waals surface area (Å²) < 4.78 is 0.951. The predicted molar refractivity (Wildman–Crippen MR) is 83.8 cm³/mol. The molecule has 0 saturated carbocycles. The third kappa shape index (κ3) is 3.71. The van der Waals surface area contributed by atoms with Gasteiger partial charge in [0.15, 0.2) is 0 Å². The molecule has 1 aliphatic rings. The predicted octanol–water partition coefficient (Wildman–Crippen LogP) is 2.99. The molecule has 2 rings (SSSR count). The summed E-state index contributed by atoms with van der Waals surface area (Å²) in [5.41, 5.74) is 7.70. The monoisotopic (exact) mass is 346 g/mol. The number of nitrogens with zero attached hydrogens (tertiary/aromatic N) is 1. The van der Waals surface area contributed by atoms with E-state index in [9.17, 15) is 4.79 Å². The lowest BCUT2D eigenvalue weighted by Gasteiger charge is -2.22. The van der Waals surface area contributed by atoms with Crippen LogP contribution >= 0.6 is 28.3 Å². The summed E-state index contributed by atoms with van der Waals surface area (Å²) in [6.07, 6.45) is 0.988. The van der Waals surface area contributed by atoms with Crippen molar-refractivity contribution in [3.8, 4) is 0 Å². The Morgan fingerprint density at radius 1 is 1.47 bits per heavy atom. The van der Waals surface area contributed by atoms with Gasteiger partial charge in [0.05, 0.1) is 0 Å². The van der Waals surface area contributed by atoms with Gasteiger partial charge in [-0.25, -0.2) is 0 Å². The topological polar surface area (TPSA) is 46.3 Å². The molecule has 0 bridgehead atoms. The third-order valence-electron chi connectivity index (χ3n) is 3.63. The molecule has 1 unspecified atom stereocenters. The highest BCUT2D eigenvalue weighted by Crippen LogP contribution is 2.30. The molecule has 5 heteroatoms. The molecular formula is C14H20BrClN2O. The molecule has 1 aliphatic heterocycles. The fourth-order valence-electron chi connectivity index (χ4n) is 2.41. The lowest BCUT2D eigenvalue weighted by Crippen LogP contribution is -2.34. The third-order valence-corrected chi connectivity index (χ3v) is 4.08. The van der Waals surface area contributed by atoms with Gasteiger partial charge in [-0.3, -0.25) is 4.79 Å². The van der Waals surface area contributed by atoms with Crippen molar-refractivity contribution in [2.45, 2.75) is 20.3 Å². The van der Waals surface area contributed by atoms with Gasteiger partial charge < -0.3 is 10.6 Å². The zero-order valence-corrected chi connectivity index (χ0v) is 13.7. The van der Waals surface area contributed by atoms with Crippen molar-refractivity contribution < 1.29 is 4.79 Å². The summed E-state index contributed by atoms with van der Waals surface area (Å²) in [5, 5.41) is 0. The molecule has 1 aromatic carbocycles. The Kier molecular flexibility index (Phi) is 5.42. The largest absolute Gasteiger partial charge is 0.338 e. The van der Waals surface area contributed by atoms with E-state index >= 15 is 0 Å². The number of hydrogen-bond donors (Lipinski definition) is 1. The minimum atomic E-state index is 0. The van der Waals surface area contributed by atoms with E-state index in [2.05, 4.69) is 22.9 Å². The second-order valence-electron chi connectivity index (χ2n) is 5.51. The van der Waals surface area contributed by atoms with E-state index < -0.39 is 0 Å². The number of likely N-dealkylation sites (tertiary alicyclic amines) is 1. The molecule has 1 aromatic rings. The Labute approximate surface area is 129 Å². The minimum absolute atomic E-state index is 0. The molecule has 1 amide bonds. The summed E-state index contributed by atoms with van der Waals surface area (Å²) in [7, 11) is 0. The number of rotatable bonds is 2. The second-order valence-corrected chi connectivity index (χ2v) is 6.42. The highest BCUT2D eigenvalue weighted by molar-refractivity contribution is 9.10. The fourth-order valence-corrected chi connectivity index (χ4v) is 3.01. The van der Waals surface area contributed by atoms with Gasteiger partial charge in [-0.1, -0.05) is 22.9 Å². The molecule has 19 heavy (non-hydrogen) atoms. The van der Waals surface area contributed by atoms with Crippen LogP contribution in [0.5, 0.6) is 0 Å². The fraction of sp³-hybridized carbons (Fsp3) is 0.500. The van der Waals surface area contributed by atoms with Gasteiger partial charge in [0, 0.05) is 23.1 Å². The summed E-state index contributed by atoms with van der Waals surface area (Å²) in [4.78, 5) is 14.3. The van der Waals surface area contributed by atoms with Crippen molar-refractivity contribution in [3.63, 3.8) is 0 Å². The average molecular weight is 348 g/mol. The number of aryl methyl sites for hydroxylation is 1. The van der Waals surface area contributed by atoms with Gasteiger partial charge in [0.25, 0.3) is 5.91 Å². The van der Waals surface area contributed by atoms with Crippen LogP contribution in [0.3, 0.4) is 0 Å². The van der Waals surface area contributed by atoms with E-state index in [4.69, 9.17) is 5.73 Å².